The van der Waals surface area contributed by atoms with Gasteiger partial charge in [-0.1, -0.05) is 6.07 Å². The van der Waals surface area contributed by atoms with Gasteiger partial charge in [0.05, 0.1) is 19.8 Å². The Balaban J connectivity index is 0.00000481. The number of nitrogens with two attached hydrogens (primary N) is 1. The number of nitrogens with zero attached hydrogens (tertiary/aromatic N) is 2. The number of hydrogen-bond donors (Lipinski definition) is 2. The van der Waals surface area contributed by atoms with Gasteiger partial charge in [0.25, 0.3) is 5.82 Å². The average Bonchev–Trinajstić information content (AvgIpc) is 2.70. The second-order valence-corrected chi connectivity index (χ2v) is 11.2. The molecule has 1 aromatic heterocycles. The topological polar surface area (TPSA) is 116 Å². The first-order valence-electron chi connectivity index (χ1n) is 12.1. The summed E-state index contributed by atoms with van der Waals surface area (Å²) in [4.78, 5) is 30.8. The second kappa shape index (κ2) is 12.4. The number of carbonyl (C=O) groups is 2. The molecule has 1 aliphatic rings. The van der Waals surface area contributed by atoms with Gasteiger partial charge in [-0.05, 0) is 59.1 Å². The molecule has 3 rings (SSSR count). The van der Waals surface area contributed by atoms with Crippen molar-refractivity contribution < 1.29 is 57.2 Å². The van der Waals surface area contributed by atoms with Crippen LogP contribution < -0.4 is 44.5 Å². The van der Waals surface area contributed by atoms with Crippen molar-refractivity contribution in [3.8, 4) is 5.75 Å². The summed E-state index contributed by atoms with van der Waals surface area (Å²) in [6.07, 6.45) is 0.715. The lowest BCUT2D eigenvalue weighted by molar-refractivity contribution is -0.655. The van der Waals surface area contributed by atoms with E-state index in [2.05, 4.69) is 11.4 Å². The Morgan fingerprint density at radius 3 is 2.32 bits per heavy atom. The van der Waals surface area contributed by atoms with Gasteiger partial charge in [-0.25, -0.2) is 20.1 Å². The number of ether oxygens (including phenoxy) is 3. The molecule has 11 heteroatoms. The minimum absolute atomic E-state index is 0. The summed E-state index contributed by atoms with van der Waals surface area (Å²) < 4.78 is 18.5. The van der Waals surface area contributed by atoms with Crippen LogP contribution in [0.4, 0.5) is 10.6 Å². The number of halogens is 1. The third-order valence-electron chi connectivity index (χ3n) is 5.48. The van der Waals surface area contributed by atoms with Gasteiger partial charge < -0.3 is 43.1 Å². The first kappa shape index (κ1) is 30.8. The molecule has 1 aromatic carbocycles. The van der Waals surface area contributed by atoms with Crippen molar-refractivity contribution >= 4 is 28.7 Å². The third-order valence-corrected chi connectivity index (χ3v) is 5.48. The van der Waals surface area contributed by atoms with Crippen molar-refractivity contribution in [2.45, 2.75) is 58.8 Å². The van der Waals surface area contributed by atoms with Crippen molar-refractivity contribution in [3.05, 3.63) is 30.5 Å². The molecule has 0 bridgehead atoms. The Bertz CT molecular complexity index is 1090. The molecule has 1 atom stereocenters. The van der Waals surface area contributed by atoms with E-state index in [9.17, 15) is 9.59 Å². The maximum atomic E-state index is 12.2. The van der Waals surface area contributed by atoms with Gasteiger partial charge in [0, 0.05) is 30.5 Å². The van der Waals surface area contributed by atoms with Crippen molar-refractivity contribution in [1.29, 1.82) is 0 Å². The molecule has 0 aliphatic carbocycles. The van der Waals surface area contributed by atoms with Crippen molar-refractivity contribution in [2.24, 2.45) is 18.9 Å². The first-order chi connectivity index (χ1) is 16.7. The van der Waals surface area contributed by atoms with Crippen molar-refractivity contribution in [3.63, 3.8) is 0 Å². The lowest BCUT2D eigenvalue weighted by atomic mass is 10.0. The fourth-order valence-electron chi connectivity index (χ4n) is 3.71. The van der Waals surface area contributed by atoms with E-state index in [0.717, 1.165) is 23.1 Å². The van der Waals surface area contributed by atoms with Crippen LogP contribution in [-0.4, -0.2) is 60.5 Å². The molecule has 1 amide bonds. The molecule has 2 aromatic rings. The van der Waals surface area contributed by atoms with Crippen LogP contribution in [0, 0.1) is 5.92 Å². The molecule has 3 N–H and O–H groups in total. The number of pyridine rings is 1. The normalized spacial score (nSPS) is 14.9. The van der Waals surface area contributed by atoms with E-state index in [4.69, 9.17) is 24.9 Å². The highest BCUT2D eigenvalue weighted by Gasteiger charge is 2.34. The van der Waals surface area contributed by atoms with Crippen LogP contribution in [0.15, 0.2) is 30.5 Å². The van der Waals surface area contributed by atoms with E-state index in [0.29, 0.717) is 24.8 Å². The predicted octanol–water partition coefficient (Wildman–Crippen LogP) is -0.0735. The number of likely N-dealkylation sites (tertiary alicyclic amines) is 1. The number of anilines is 1. The van der Waals surface area contributed by atoms with Crippen LogP contribution in [0.3, 0.4) is 0 Å². The van der Waals surface area contributed by atoms with E-state index in [1.807, 2.05) is 56.8 Å². The minimum Gasteiger partial charge on any atom is -1.00 e. The summed E-state index contributed by atoms with van der Waals surface area (Å²) >= 11 is 0. The number of carbonyl (C=O) groups excluding carboxylic acids is 2. The largest absolute Gasteiger partial charge is 1.00 e. The number of amides is 1. The summed E-state index contributed by atoms with van der Waals surface area (Å²) in [6.45, 7) is 13.0. The fourth-order valence-corrected chi connectivity index (χ4v) is 3.71. The molecular formula is C26H39IN4O6. The van der Waals surface area contributed by atoms with Crippen molar-refractivity contribution in [1.82, 2.24) is 4.90 Å². The SMILES string of the molecule is C[n+]1cc2cc(OCC(ON)C(=O)OC(C)(C)C)ccc2cc1NCC1CN(C(=O)OC(C)(C)C)C1.[I-]. The number of rotatable bonds is 8. The number of aromatic nitrogens is 1. The average molecular weight is 631 g/mol. The molecular weight excluding hydrogens is 591 g/mol. The molecule has 0 radical (unpaired) electrons. The summed E-state index contributed by atoms with van der Waals surface area (Å²) in [5, 5.41) is 5.49. The molecule has 0 saturated carbocycles. The highest BCUT2D eigenvalue weighted by Crippen LogP contribution is 2.24. The third kappa shape index (κ3) is 9.15. The van der Waals surface area contributed by atoms with E-state index in [1.165, 1.54) is 0 Å². The quantitative estimate of drug-likeness (QED) is 0.180. The zero-order valence-electron chi connectivity index (χ0n) is 22.7. The Hall–Kier alpha value is -2.38. The second-order valence-electron chi connectivity index (χ2n) is 11.2. The summed E-state index contributed by atoms with van der Waals surface area (Å²) in [5.41, 5.74) is -1.13. The highest BCUT2D eigenvalue weighted by atomic mass is 127. The Kier molecular flexibility index (Phi) is 10.4. The van der Waals surface area contributed by atoms with Gasteiger partial charge in [0.15, 0.2) is 0 Å². The van der Waals surface area contributed by atoms with Crippen LogP contribution in [0.5, 0.6) is 5.75 Å². The van der Waals surface area contributed by atoms with Gasteiger partial charge in [-0.3, -0.25) is 10.2 Å². The van der Waals surface area contributed by atoms with Crippen LogP contribution in [0.25, 0.3) is 10.8 Å². The number of nitrogens with one attached hydrogen (secondary N) is 1. The smallest absolute Gasteiger partial charge is 0.410 e. The summed E-state index contributed by atoms with van der Waals surface area (Å²) in [5.74, 6) is 6.62. The van der Waals surface area contributed by atoms with Crippen LogP contribution >= 0.6 is 0 Å². The zero-order chi connectivity index (χ0) is 26.7. The molecule has 2 heterocycles. The Morgan fingerprint density at radius 2 is 1.73 bits per heavy atom. The van der Waals surface area contributed by atoms with E-state index in [-0.39, 0.29) is 36.7 Å². The highest BCUT2D eigenvalue weighted by molar-refractivity contribution is 5.84. The Labute approximate surface area is 235 Å². The van der Waals surface area contributed by atoms with Gasteiger partial charge in [-0.2, -0.15) is 0 Å². The number of hydrogen-bond acceptors (Lipinski definition) is 8. The summed E-state index contributed by atoms with van der Waals surface area (Å²) in [7, 11) is 1.96. The molecule has 37 heavy (non-hydrogen) atoms. The van der Waals surface area contributed by atoms with E-state index < -0.39 is 23.3 Å². The van der Waals surface area contributed by atoms with Gasteiger partial charge in [0.2, 0.25) is 6.10 Å². The molecule has 1 saturated heterocycles. The Morgan fingerprint density at radius 1 is 1.08 bits per heavy atom. The van der Waals surface area contributed by atoms with Crippen molar-refractivity contribution in [2.75, 3.05) is 31.6 Å². The van der Waals surface area contributed by atoms with Gasteiger partial charge in [0.1, 0.15) is 23.6 Å². The first-order valence-corrected chi connectivity index (χ1v) is 12.1. The minimum atomic E-state index is -1.03. The lowest BCUT2D eigenvalue weighted by Crippen LogP contribution is -3.00. The van der Waals surface area contributed by atoms with Crippen LogP contribution in [-0.2, 0) is 26.2 Å². The monoisotopic (exact) mass is 630 g/mol. The molecule has 1 aliphatic heterocycles. The van der Waals surface area contributed by atoms with Crippen LogP contribution in [0.2, 0.25) is 0 Å². The number of esters is 1. The number of benzene rings is 1. The molecule has 1 unspecified atom stereocenters. The zero-order valence-corrected chi connectivity index (χ0v) is 24.8. The fraction of sp³-hybridized carbons (Fsp3) is 0.577. The van der Waals surface area contributed by atoms with Crippen LogP contribution in [0.1, 0.15) is 41.5 Å². The van der Waals surface area contributed by atoms with Gasteiger partial charge in [-0.15, -0.1) is 0 Å². The lowest BCUT2D eigenvalue weighted by Gasteiger charge is -2.38. The van der Waals surface area contributed by atoms with E-state index >= 15 is 0 Å². The molecule has 0 spiro atoms. The molecule has 1 fully saturated rings. The number of fused-ring (bicyclic) bond motifs is 1. The number of aryl methyl sites for hydroxylation is 1. The molecule has 10 nitrogen and oxygen atoms in total. The summed E-state index contributed by atoms with van der Waals surface area (Å²) in [6, 6.07) is 7.75. The predicted molar refractivity (Wildman–Crippen MR) is 135 cm³/mol. The standard InChI is InChI=1S/C26H38N4O6.HI/c1-25(2,3)34-23(31)21(36-27)16-33-20-9-8-18-11-22(29(7)15-19(18)10-20)28-12-17-13-30(14-17)24(32)35-26(4,5)6;/h8-11,15,17,21H,12-14,16,27H2,1-7H3;1H. The maximum absolute atomic E-state index is 12.2. The molecule has 206 valence electrons. The van der Waals surface area contributed by atoms with E-state index in [1.54, 1.807) is 25.7 Å². The van der Waals surface area contributed by atoms with Gasteiger partial charge >= 0.3 is 12.1 Å². The maximum Gasteiger partial charge on any atom is 0.410 e.